The monoisotopic (exact) mass is 296 g/mol. The van der Waals surface area contributed by atoms with Crippen LogP contribution in [0.3, 0.4) is 0 Å². The van der Waals surface area contributed by atoms with Crippen LogP contribution in [0.4, 0.5) is 0 Å². The van der Waals surface area contributed by atoms with Crippen LogP contribution in [0, 0.1) is 22.6 Å². The zero-order chi connectivity index (χ0) is 12.5. The summed E-state index contributed by atoms with van der Waals surface area (Å²) in [6.07, 6.45) is 0. The van der Waals surface area contributed by atoms with Gasteiger partial charge in [-0.05, 0) is 0 Å². The Labute approximate surface area is 115 Å². The second kappa shape index (κ2) is 7.41. The van der Waals surface area contributed by atoms with Crippen LogP contribution < -0.4 is 0 Å². The average molecular weight is 295 g/mol. The zero-order valence-electron chi connectivity index (χ0n) is 9.89. The molecule has 0 bridgehead atoms. The number of benzene rings is 2. The van der Waals surface area contributed by atoms with Gasteiger partial charge in [0.25, 0.3) is 0 Å². The Morgan fingerprint density at radius 2 is 1.28 bits per heavy atom. The van der Waals surface area contributed by atoms with E-state index in [2.05, 4.69) is 22.6 Å². The Bertz CT molecular complexity index is 535. The Morgan fingerprint density at radius 1 is 0.722 bits per heavy atom. The van der Waals surface area contributed by atoms with Gasteiger partial charge in [-0.3, -0.25) is 0 Å². The molecular weight excluding hydrogens is 283 g/mol. The molecule has 0 aromatic heterocycles. The van der Waals surface area contributed by atoms with Crippen LogP contribution in [0.5, 0.6) is 0 Å². The molecule has 0 heterocycles. The Morgan fingerprint density at radius 3 is 1.89 bits per heavy atom. The molecule has 0 aliphatic heterocycles. The second-order valence-corrected chi connectivity index (χ2v) is 5.19. The number of rotatable bonds is 1. The molecule has 1 heteroatoms. The van der Waals surface area contributed by atoms with E-state index in [-0.39, 0.29) is 15.0 Å². The van der Waals surface area contributed by atoms with Crippen LogP contribution in [0.25, 0.3) is 0 Å². The van der Waals surface area contributed by atoms with Gasteiger partial charge in [0.05, 0.1) is 0 Å². The molecule has 0 saturated heterocycles. The maximum absolute atomic E-state index is 3.20. The van der Waals surface area contributed by atoms with E-state index < -0.39 is 0 Å². The Kier molecular flexibility index (Phi) is 5.16. The van der Waals surface area contributed by atoms with Crippen molar-refractivity contribution in [2.75, 3.05) is 0 Å². The number of hydrogen-bond donors (Lipinski definition) is 0. The van der Waals surface area contributed by atoms with Gasteiger partial charge in [0.2, 0.25) is 0 Å². The van der Waals surface area contributed by atoms with Crippen LogP contribution >= 0.6 is 0 Å². The molecule has 0 nitrogen and oxygen atoms in total. The Balaban J connectivity index is 1.81. The molecule has 0 saturated carbocycles. The number of hydrogen-bond acceptors (Lipinski definition) is 0. The quantitative estimate of drug-likeness (QED) is 0.431. The molecular formula is C17H12Se. The summed E-state index contributed by atoms with van der Waals surface area (Å²) in [5, 5.41) is 0.877. The molecule has 0 N–H and O–H groups in total. The summed E-state index contributed by atoms with van der Waals surface area (Å²) in [7, 11) is 0. The van der Waals surface area contributed by atoms with E-state index in [0.29, 0.717) is 0 Å². The van der Waals surface area contributed by atoms with Gasteiger partial charge in [-0.1, -0.05) is 0 Å². The summed E-state index contributed by atoms with van der Waals surface area (Å²) in [5.74, 6) is 9.46. The van der Waals surface area contributed by atoms with E-state index in [4.69, 9.17) is 0 Å². The molecule has 18 heavy (non-hydrogen) atoms. The Hall–Kier alpha value is -1.92. The zero-order valence-corrected chi connectivity index (χ0v) is 11.6. The first-order valence-corrected chi connectivity index (χ1v) is 7.74. The van der Waals surface area contributed by atoms with Gasteiger partial charge in [0.1, 0.15) is 0 Å². The van der Waals surface area contributed by atoms with E-state index in [1.165, 1.54) is 0 Å². The van der Waals surface area contributed by atoms with Crippen molar-refractivity contribution in [3.05, 3.63) is 71.8 Å². The van der Waals surface area contributed by atoms with Crippen molar-refractivity contribution in [1.29, 1.82) is 0 Å². The van der Waals surface area contributed by atoms with E-state index in [0.717, 1.165) is 16.4 Å². The van der Waals surface area contributed by atoms with Gasteiger partial charge in [0.15, 0.2) is 0 Å². The topological polar surface area (TPSA) is 0 Å². The molecule has 86 valence electrons. The molecule has 0 aliphatic rings. The average Bonchev–Trinajstić information content (AvgIpc) is 2.45. The molecule has 0 radical (unpaired) electrons. The molecule has 0 aliphatic carbocycles. The standard InChI is InChI=1S/C17H12Se/c1-3-8-16(9-4-1)12-7-14-18-15-13-17-10-5-2-6-11-17/h1-6,8-11H,14H2. The molecule has 0 atom stereocenters. The minimum absolute atomic E-state index is 0.275. The van der Waals surface area contributed by atoms with Crippen molar-refractivity contribution in [2.45, 2.75) is 5.32 Å². The summed E-state index contributed by atoms with van der Waals surface area (Å²) in [5.41, 5.74) is 2.15. The summed E-state index contributed by atoms with van der Waals surface area (Å²) in [6.45, 7) is 0. The molecule has 2 aromatic rings. The molecule has 0 spiro atoms. The third-order valence-corrected chi connectivity index (χ3v) is 3.31. The normalized spacial score (nSPS) is 8.67. The van der Waals surface area contributed by atoms with Crippen LogP contribution in [-0.2, 0) is 0 Å². The van der Waals surface area contributed by atoms with Crippen LogP contribution in [0.15, 0.2) is 60.7 Å². The first-order valence-electron chi connectivity index (χ1n) is 5.67. The van der Waals surface area contributed by atoms with Gasteiger partial charge in [-0.25, -0.2) is 0 Å². The fraction of sp³-hybridized carbons (Fsp3) is 0.0588. The van der Waals surface area contributed by atoms with E-state index in [1.807, 2.05) is 60.7 Å². The first-order chi connectivity index (χ1) is 8.95. The molecule has 0 unspecified atom stereocenters. The van der Waals surface area contributed by atoms with Gasteiger partial charge in [-0.15, -0.1) is 0 Å². The third-order valence-electron chi connectivity index (χ3n) is 2.19. The van der Waals surface area contributed by atoms with Crippen molar-refractivity contribution >= 4 is 15.0 Å². The van der Waals surface area contributed by atoms with E-state index in [1.54, 1.807) is 0 Å². The second-order valence-electron chi connectivity index (χ2n) is 3.55. The molecule has 2 aromatic carbocycles. The maximum atomic E-state index is 3.20. The van der Waals surface area contributed by atoms with E-state index >= 15 is 0 Å². The summed E-state index contributed by atoms with van der Waals surface area (Å²) >= 11 is 0.275. The minimum atomic E-state index is 0.275. The predicted molar refractivity (Wildman–Crippen MR) is 77.2 cm³/mol. The van der Waals surface area contributed by atoms with Gasteiger partial charge in [0, 0.05) is 0 Å². The SMILES string of the molecule is C(#Cc1ccccc1)C[Se]C#Cc1ccccc1. The van der Waals surface area contributed by atoms with Gasteiger partial charge < -0.3 is 0 Å². The van der Waals surface area contributed by atoms with Crippen molar-refractivity contribution < 1.29 is 0 Å². The summed E-state index contributed by atoms with van der Waals surface area (Å²) in [6, 6.07) is 20.1. The van der Waals surface area contributed by atoms with Crippen molar-refractivity contribution in [2.24, 2.45) is 0 Å². The first kappa shape index (κ1) is 12.5. The summed E-state index contributed by atoms with van der Waals surface area (Å²) in [4.78, 5) is 3.20. The van der Waals surface area contributed by atoms with Crippen LogP contribution in [0.2, 0.25) is 5.32 Å². The third kappa shape index (κ3) is 4.52. The van der Waals surface area contributed by atoms with Crippen molar-refractivity contribution in [3.63, 3.8) is 0 Å². The fourth-order valence-corrected chi connectivity index (χ4v) is 2.20. The van der Waals surface area contributed by atoms with Crippen LogP contribution in [-0.4, -0.2) is 15.0 Å². The molecule has 0 fully saturated rings. The van der Waals surface area contributed by atoms with Gasteiger partial charge in [-0.2, -0.15) is 0 Å². The predicted octanol–water partition coefficient (Wildman–Crippen LogP) is 3.17. The van der Waals surface area contributed by atoms with Crippen LogP contribution in [0.1, 0.15) is 11.1 Å². The van der Waals surface area contributed by atoms with Gasteiger partial charge >= 0.3 is 115 Å². The van der Waals surface area contributed by atoms with Crippen molar-refractivity contribution in [3.8, 4) is 22.6 Å². The molecule has 0 amide bonds. The van der Waals surface area contributed by atoms with E-state index in [9.17, 15) is 0 Å². The fourth-order valence-electron chi connectivity index (χ4n) is 1.35. The molecule has 2 rings (SSSR count). The summed E-state index contributed by atoms with van der Waals surface area (Å²) < 4.78 is 0. The van der Waals surface area contributed by atoms with Crippen molar-refractivity contribution in [1.82, 2.24) is 0 Å².